The van der Waals surface area contributed by atoms with Gasteiger partial charge < -0.3 is 16.0 Å². The molecule has 3 N–H and O–H groups in total. The lowest BCUT2D eigenvalue weighted by molar-refractivity contribution is -0.122. The maximum atomic E-state index is 12.9. The van der Waals surface area contributed by atoms with Gasteiger partial charge in [-0.2, -0.15) is 0 Å². The van der Waals surface area contributed by atoms with E-state index in [1.807, 2.05) is 0 Å². The van der Waals surface area contributed by atoms with Crippen LogP contribution in [0.1, 0.15) is 48.9 Å². The summed E-state index contributed by atoms with van der Waals surface area (Å²) in [5.41, 5.74) is 0.358. The van der Waals surface area contributed by atoms with Crippen LogP contribution in [0.2, 0.25) is 0 Å². The maximum Gasteiger partial charge on any atom is 0.254 e. The minimum Gasteiger partial charge on any atom is -0.373 e. The molecule has 8 heteroatoms. The molecule has 2 aliphatic carbocycles. The molecule has 4 rings (SSSR count). The van der Waals surface area contributed by atoms with Gasteiger partial charge in [-0.15, -0.1) is 0 Å². The van der Waals surface area contributed by atoms with Gasteiger partial charge in [-0.1, -0.05) is 6.42 Å². The van der Waals surface area contributed by atoms with Crippen LogP contribution in [0.3, 0.4) is 0 Å². The summed E-state index contributed by atoms with van der Waals surface area (Å²) in [6, 6.07) is 1.24. The number of ketones is 1. The van der Waals surface area contributed by atoms with Crippen molar-refractivity contribution in [1.82, 2.24) is 15.3 Å². The summed E-state index contributed by atoms with van der Waals surface area (Å²) in [6.45, 7) is 0. The highest BCUT2D eigenvalue weighted by molar-refractivity contribution is 6.11. The Balaban J connectivity index is 1.66. The molecule has 2 aromatic heterocycles. The molecule has 0 saturated heterocycles. The van der Waals surface area contributed by atoms with Crippen molar-refractivity contribution < 1.29 is 14.4 Å². The van der Waals surface area contributed by atoms with E-state index in [9.17, 15) is 14.4 Å². The van der Waals surface area contributed by atoms with Crippen molar-refractivity contribution in [2.24, 2.45) is 5.92 Å². The Bertz CT molecular complexity index is 954. The van der Waals surface area contributed by atoms with Crippen molar-refractivity contribution in [2.45, 2.75) is 44.6 Å². The number of aromatic nitrogens is 2. The number of nitrogens with one attached hydrogen (secondary N) is 3. The second-order valence-corrected chi connectivity index (χ2v) is 7.39. The van der Waals surface area contributed by atoms with Gasteiger partial charge in [0, 0.05) is 42.6 Å². The number of carbonyl (C=O) groups is 3. The number of amides is 2. The first kappa shape index (κ1) is 18.3. The van der Waals surface area contributed by atoms with Crippen molar-refractivity contribution in [3.05, 3.63) is 24.0 Å². The van der Waals surface area contributed by atoms with Crippen LogP contribution in [0, 0.1) is 5.92 Å². The summed E-state index contributed by atoms with van der Waals surface area (Å²) in [6.07, 6.45) is 7.85. The molecule has 8 nitrogen and oxygen atoms in total. The van der Waals surface area contributed by atoms with Crippen LogP contribution in [0.15, 0.2) is 18.5 Å². The zero-order valence-corrected chi connectivity index (χ0v) is 15.7. The summed E-state index contributed by atoms with van der Waals surface area (Å²) in [4.78, 5) is 45.6. The largest absolute Gasteiger partial charge is 0.373 e. The van der Waals surface area contributed by atoms with E-state index in [1.165, 1.54) is 6.20 Å². The molecule has 0 aliphatic heterocycles. The molecule has 146 valence electrons. The molecule has 28 heavy (non-hydrogen) atoms. The predicted molar refractivity (Wildman–Crippen MR) is 105 cm³/mol. The molecule has 1 atom stereocenters. The standard InChI is InChI=1S/C20H23N5O3/c1-21-18-13-9-22-17(25-19(27)11-6-7-11)8-12(13)14(10-23-18)20(28)24-15-4-2-3-5-16(15)26/h8-11,15H,2-7H2,1H3,(H,21,23)(H,24,28)(H,22,25,27). The minimum atomic E-state index is -0.448. The monoisotopic (exact) mass is 381 g/mol. The SMILES string of the molecule is CNc1ncc(C(=O)NC2CCCCC2=O)c2cc(NC(=O)C3CC3)ncc12. The number of rotatable bonds is 5. The first-order chi connectivity index (χ1) is 13.6. The van der Waals surface area contributed by atoms with E-state index >= 15 is 0 Å². The van der Waals surface area contributed by atoms with E-state index in [1.54, 1.807) is 19.3 Å². The Kier molecular flexibility index (Phi) is 4.93. The maximum absolute atomic E-state index is 12.9. The second-order valence-electron chi connectivity index (χ2n) is 7.39. The van der Waals surface area contributed by atoms with Crippen molar-refractivity contribution in [3.8, 4) is 0 Å². The fourth-order valence-electron chi connectivity index (χ4n) is 3.53. The summed E-state index contributed by atoms with van der Waals surface area (Å²) in [5, 5.41) is 9.95. The highest BCUT2D eigenvalue weighted by Crippen LogP contribution is 2.31. The van der Waals surface area contributed by atoms with Gasteiger partial charge in [0.1, 0.15) is 11.6 Å². The van der Waals surface area contributed by atoms with Crippen LogP contribution < -0.4 is 16.0 Å². The minimum absolute atomic E-state index is 0.0476. The van der Waals surface area contributed by atoms with Crippen LogP contribution in [0.5, 0.6) is 0 Å². The predicted octanol–water partition coefficient (Wildman–Crippen LogP) is 2.26. The lowest BCUT2D eigenvalue weighted by Crippen LogP contribution is -2.42. The number of nitrogens with zero attached hydrogens (tertiary/aromatic N) is 2. The summed E-state index contributed by atoms with van der Waals surface area (Å²) < 4.78 is 0. The average molecular weight is 381 g/mol. The van der Waals surface area contributed by atoms with Crippen LogP contribution in [0.25, 0.3) is 10.8 Å². The number of pyridine rings is 2. The molecular formula is C20H23N5O3. The van der Waals surface area contributed by atoms with E-state index in [-0.39, 0.29) is 23.5 Å². The second kappa shape index (κ2) is 7.53. The Morgan fingerprint density at radius 2 is 1.89 bits per heavy atom. The Morgan fingerprint density at radius 1 is 1.07 bits per heavy atom. The third kappa shape index (κ3) is 3.67. The summed E-state index contributed by atoms with van der Waals surface area (Å²) >= 11 is 0. The number of hydrogen-bond donors (Lipinski definition) is 3. The van der Waals surface area contributed by atoms with E-state index in [0.29, 0.717) is 40.8 Å². The van der Waals surface area contributed by atoms with Crippen molar-refractivity contribution >= 4 is 40.0 Å². The van der Waals surface area contributed by atoms with Gasteiger partial charge >= 0.3 is 0 Å². The Labute approximate surface area is 162 Å². The lowest BCUT2D eigenvalue weighted by Gasteiger charge is -2.22. The van der Waals surface area contributed by atoms with Crippen molar-refractivity contribution in [3.63, 3.8) is 0 Å². The van der Waals surface area contributed by atoms with Crippen LogP contribution in [-0.4, -0.2) is 40.7 Å². The van der Waals surface area contributed by atoms with Gasteiger partial charge in [-0.05, 0) is 31.7 Å². The van der Waals surface area contributed by atoms with Crippen molar-refractivity contribution in [2.75, 3.05) is 17.7 Å². The smallest absolute Gasteiger partial charge is 0.254 e. The van der Waals surface area contributed by atoms with E-state index in [0.717, 1.165) is 25.7 Å². The number of hydrogen-bond acceptors (Lipinski definition) is 6. The quantitative estimate of drug-likeness (QED) is 0.732. The zero-order valence-electron chi connectivity index (χ0n) is 15.7. The number of anilines is 2. The zero-order chi connectivity index (χ0) is 19.7. The van der Waals surface area contributed by atoms with E-state index in [2.05, 4.69) is 25.9 Å². The highest BCUT2D eigenvalue weighted by atomic mass is 16.2. The van der Waals surface area contributed by atoms with Gasteiger partial charge in [0.2, 0.25) is 5.91 Å². The normalized spacial score (nSPS) is 19.3. The van der Waals surface area contributed by atoms with Crippen LogP contribution in [-0.2, 0) is 9.59 Å². The molecule has 2 fully saturated rings. The molecule has 2 aliphatic rings. The van der Waals surface area contributed by atoms with Gasteiger partial charge in [0.05, 0.1) is 11.6 Å². The Morgan fingerprint density at radius 3 is 2.61 bits per heavy atom. The third-order valence-electron chi connectivity index (χ3n) is 5.31. The van der Waals surface area contributed by atoms with Gasteiger partial charge in [-0.25, -0.2) is 9.97 Å². The van der Waals surface area contributed by atoms with Gasteiger partial charge in [0.25, 0.3) is 5.91 Å². The molecular weight excluding hydrogens is 358 g/mol. The molecule has 2 amide bonds. The number of carbonyl (C=O) groups excluding carboxylic acids is 3. The molecule has 2 aromatic rings. The molecule has 0 spiro atoms. The van der Waals surface area contributed by atoms with Crippen molar-refractivity contribution in [1.29, 1.82) is 0 Å². The molecule has 0 aromatic carbocycles. The van der Waals surface area contributed by atoms with Gasteiger partial charge in [-0.3, -0.25) is 14.4 Å². The Hall–Kier alpha value is -3.03. The van der Waals surface area contributed by atoms with E-state index in [4.69, 9.17) is 0 Å². The fourth-order valence-corrected chi connectivity index (χ4v) is 3.53. The molecule has 0 radical (unpaired) electrons. The molecule has 2 heterocycles. The van der Waals surface area contributed by atoms with E-state index < -0.39 is 6.04 Å². The number of Topliss-reactive ketones (excluding diaryl/α,β-unsaturated/α-hetero) is 1. The topological polar surface area (TPSA) is 113 Å². The summed E-state index contributed by atoms with van der Waals surface area (Å²) in [5.74, 6) is 0.735. The molecule has 2 saturated carbocycles. The first-order valence-electron chi connectivity index (χ1n) is 9.68. The first-order valence-corrected chi connectivity index (χ1v) is 9.68. The summed E-state index contributed by atoms with van der Waals surface area (Å²) in [7, 11) is 1.74. The highest BCUT2D eigenvalue weighted by Gasteiger charge is 2.30. The van der Waals surface area contributed by atoms with Crippen LogP contribution >= 0.6 is 0 Å². The lowest BCUT2D eigenvalue weighted by atomic mass is 9.94. The van der Waals surface area contributed by atoms with Gasteiger partial charge in [0.15, 0.2) is 5.78 Å². The average Bonchev–Trinajstić information content (AvgIpc) is 3.54. The fraction of sp³-hybridized carbons (Fsp3) is 0.450. The number of fused-ring (bicyclic) bond motifs is 1. The molecule has 0 bridgehead atoms. The molecule has 1 unspecified atom stereocenters. The third-order valence-corrected chi connectivity index (χ3v) is 5.31. The van der Waals surface area contributed by atoms with Crippen LogP contribution in [0.4, 0.5) is 11.6 Å².